The van der Waals surface area contributed by atoms with Crippen LogP contribution in [-0.2, 0) is 22.4 Å². The van der Waals surface area contributed by atoms with Gasteiger partial charge in [-0.2, -0.15) is 0 Å². The summed E-state index contributed by atoms with van der Waals surface area (Å²) in [5.41, 5.74) is 5.77. The average Bonchev–Trinajstić information content (AvgIpc) is 3.36. The van der Waals surface area contributed by atoms with E-state index in [-0.39, 0.29) is 12.0 Å². The van der Waals surface area contributed by atoms with Gasteiger partial charge in [-0.05, 0) is 55.2 Å². The number of aromatic nitrogens is 1. The van der Waals surface area contributed by atoms with Crippen LogP contribution in [0.25, 0.3) is 22.6 Å². The van der Waals surface area contributed by atoms with E-state index >= 15 is 0 Å². The number of amides is 2. The number of methoxy groups -OCH3 is 1. The molecule has 1 aliphatic carbocycles. The lowest BCUT2D eigenvalue weighted by molar-refractivity contribution is -0.119. The SMILES string of the molecule is COc1cccc(-c2noc3c2CCCc2cc(N4CC(CNC(C)=O)OC4=O)ccc2-3)c1. The fourth-order valence-corrected chi connectivity index (χ4v) is 4.48. The molecule has 0 saturated carbocycles. The number of carbonyl (C=O) groups is 2. The molecule has 1 atom stereocenters. The summed E-state index contributed by atoms with van der Waals surface area (Å²) < 4.78 is 16.6. The van der Waals surface area contributed by atoms with E-state index in [1.807, 2.05) is 42.5 Å². The molecule has 2 amide bonds. The molecule has 33 heavy (non-hydrogen) atoms. The molecule has 1 N–H and O–H groups in total. The van der Waals surface area contributed by atoms with Crippen molar-refractivity contribution in [3.8, 4) is 28.3 Å². The quantitative estimate of drug-likeness (QED) is 0.636. The molecule has 2 aliphatic rings. The number of rotatable bonds is 5. The monoisotopic (exact) mass is 447 g/mol. The Labute approximate surface area is 191 Å². The molecular formula is C25H25N3O5. The molecule has 2 heterocycles. The van der Waals surface area contributed by atoms with Crippen LogP contribution < -0.4 is 15.0 Å². The van der Waals surface area contributed by atoms with Crippen LogP contribution in [-0.4, -0.2) is 43.5 Å². The van der Waals surface area contributed by atoms with Gasteiger partial charge in [0.05, 0.1) is 20.2 Å². The van der Waals surface area contributed by atoms with Gasteiger partial charge in [-0.1, -0.05) is 17.3 Å². The Balaban J connectivity index is 1.44. The van der Waals surface area contributed by atoms with E-state index in [1.54, 1.807) is 12.0 Å². The highest BCUT2D eigenvalue weighted by atomic mass is 16.6. The summed E-state index contributed by atoms with van der Waals surface area (Å²) in [6.07, 6.45) is 1.88. The molecule has 1 fully saturated rings. The third-order valence-corrected chi connectivity index (χ3v) is 6.10. The van der Waals surface area contributed by atoms with Crippen LogP contribution in [0, 0.1) is 0 Å². The number of hydrogen-bond acceptors (Lipinski definition) is 6. The Kier molecular flexibility index (Phi) is 5.50. The summed E-state index contributed by atoms with van der Waals surface area (Å²) in [5, 5.41) is 7.09. The summed E-state index contributed by atoms with van der Waals surface area (Å²) in [5.74, 6) is 1.40. The van der Waals surface area contributed by atoms with Gasteiger partial charge in [0.1, 0.15) is 17.5 Å². The second kappa shape index (κ2) is 8.61. The first-order chi connectivity index (χ1) is 16.0. The second-order valence-electron chi connectivity index (χ2n) is 8.32. The van der Waals surface area contributed by atoms with E-state index in [9.17, 15) is 9.59 Å². The zero-order valence-electron chi connectivity index (χ0n) is 18.6. The Hall–Kier alpha value is -3.81. The second-order valence-corrected chi connectivity index (χ2v) is 8.32. The fourth-order valence-electron chi connectivity index (χ4n) is 4.48. The molecule has 1 aromatic heterocycles. The molecule has 8 heteroatoms. The van der Waals surface area contributed by atoms with Gasteiger partial charge >= 0.3 is 6.09 Å². The minimum absolute atomic E-state index is 0.147. The number of benzene rings is 2. The average molecular weight is 447 g/mol. The van der Waals surface area contributed by atoms with Crippen molar-refractivity contribution in [3.05, 3.63) is 53.6 Å². The molecule has 0 bridgehead atoms. The van der Waals surface area contributed by atoms with E-state index in [0.29, 0.717) is 13.1 Å². The van der Waals surface area contributed by atoms with Crippen LogP contribution in [0.4, 0.5) is 10.5 Å². The van der Waals surface area contributed by atoms with Crippen molar-refractivity contribution in [2.45, 2.75) is 32.3 Å². The van der Waals surface area contributed by atoms with Crippen LogP contribution in [0.1, 0.15) is 24.5 Å². The molecule has 1 saturated heterocycles. The number of anilines is 1. The number of hydrogen-bond donors (Lipinski definition) is 1. The van der Waals surface area contributed by atoms with Crippen molar-refractivity contribution in [3.63, 3.8) is 0 Å². The highest BCUT2D eigenvalue weighted by molar-refractivity contribution is 5.90. The maximum absolute atomic E-state index is 12.4. The Bertz CT molecular complexity index is 1220. The molecule has 5 rings (SSSR count). The highest BCUT2D eigenvalue weighted by Gasteiger charge is 2.33. The van der Waals surface area contributed by atoms with Crippen molar-refractivity contribution in [1.29, 1.82) is 0 Å². The summed E-state index contributed by atoms with van der Waals surface area (Å²) in [7, 11) is 1.65. The minimum Gasteiger partial charge on any atom is -0.497 e. The Morgan fingerprint density at radius 1 is 1.24 bits per heavy atom. The lowest BCUT2D eigenvalue weighted by Gasteiger charge is -2.15. The van der Waals surface area contributed by atoms with Gasteiger partial charge in [0.25, 0.3) is 0 Å². The van der Waals surface area contributed by atoms with Crippen molar-refractivity contribution < 1.29 is 23.6 Å². The molecule has 8 nitrogen and oxygen atoms in total. The number of fused-ring (bicyclic) bond motifs is 3. The third kappa shape index (κ3) is 4.04. The van der Waals surface area contributed by atoms with Crippen LogP contribution >= 0.6 is 0 Å². The number of carbonyl (C=O) groups excluding carboxylic acids is 2. The predicted octanol–water partition coefficient (Wildman–Crippen LogP) is 3.97. The topological polar surface area (TPSA) is 93.9 Å². The first-order valence-corrected chi connectivity index (χ1v) is 11.0. The largest absolute Gasteiger partial charge is 0.497 e. The Morgan fingerprint density at radius 2 is 2.12 bits per heavy atom. The van der Waals surface area contributed by atoms with Crippen LogP contribution in [0.3, 0.4) is 0 Å². The molecule has 3 aromatic rings. The molecule has 0 spiro atoms. The van der Waals surface area contributed by atoms with E-state index in [1.165, 1.54) is 6.92 Å². The molecule has 1 aliphatic heterocycles. The van der Waals surface area contributed by atoms with Crippen molar-refractivity contribution in [1.82, 2.24) is 10.5 Å². The smallest absolute Gasteiger partial charge is 0.414 e. The molecule has 170 valence electrons. The fraction of sp³-hybridized carbons (Fsp3) is 0.320. The Morgan fingerprint density at radius 3 is 2.94 bits per heavy atom. The van der Waals surface area contributed by atoms with Gasteiger partial charge in [0, 0.05) is 29.3 Å². The van der Waals surface area contributed by atoms with Gasteiger partial charge in [-0.15, -0.1) is 0 Å². The zero-order valence-corrected chi connectivity index (χ0v) is 18.6. The van der Waals surface area contributed by atoms with E-state index in [0.717, 1.165) is 64.4 Å². The first-order valence-electron chi connectivity index (χ1n) is 11.0. The van der Waals surface area contributed by atoms with Crippen molar-refractivity contribution in [2.75, 3.05) is 25.1 Å². The standard InChI is InChI=1S/C25H25N3O5/c1-15(29)26-13-20-14-28(25(30)32-20)18-9-10-21-16(11-18)5-4-8-22-23(27-33-24(21)22)17-6-3-7-19(12-17)31-2/h3,6-7,9-12,20H,4-5,8,13-14H2,1-2H3,(H,26,29). The number of ether oxygens (including phenoxy) is 2. The number of aryl methyl sites for hydroxylation is 1. The number of nitrogens with one attached hydrogen (secondary N) is 1. The predicted molar refractivity (Wildman–Crippen MR) is 122 cm³/mol. The molecule has 1 unspecified atom stereocenters. The first kappa shape index (κ1) is 21.1. The van der Waals surface area contributed by atoms with E-state index in [2.05, 4.69) is 10.5 Å². The van der Waals surface area contributed by atoms with Gasteiger partial charge in [-0.25, -0.2) is 4.79 Å². The van der Waals surface area contributed by atoms with Gasteiger partial charge in [0.15, 0.2) is 5.76 Å². The summed E-state index contributed by atoms with van der Waals surface area (Å²) in [6, 6.07) is 13.7. The summed E-state index contributed by atoms with van der Waals surface area (Å²) in [4.78, 5) is 25.2. The summed E-state index contributed by atoms with van der Waals surface area (Å²) in [6.45, 7) is 2.14. The third-order valence-electron chi connectivity index (χ3n) is 6.10. The highest BCUT2D eigenvalue weighted by Crippen LogP contribution is 2.40. The van der Waals surface area contributed by atoms with Gasteiger partial charge in [-0.3, -0.25) is 9.69 Å². The maximum Gasteiger partial charge on any atom is 0.414 e. The lowest BCUT2D eigenvalue weighted by atomic mass is 9.99. The minimum atomic E-state index is -0.403. The van der Waals surface area contributed by atoms with E-state index in [4.69, 9.17) is 14.0 Å². The van der Waals surface area contributed by atoms with E-state index < -0.39 is 6.09 Å². The van der Waals surface area contributed by atoms with Crippen molar-refractivity contribution >= 4 is 17.7 Å². The molecular weight excluding hydrogens is 422 g/mol. The maximum atomic E-state index is 12.4. The van der Waals surface area contributed by atoms with Crippen LogP contribution in [0.2, 0.25) is 0 Å². The van der Waals surface area contributed by atoms with Crippen molar-refractivity contribution in [2.24, 2.45) is 0 Å². The summed E-state index contributed by atoms with van der Waals surface area (Å²) >= 11 is 0. The van der Waals surface area contributed by atoms with Crippen LogP contribution in [0.5, 0.6) is 5.75 Å². The number of nitrogens with zero attached hydrogens (tertiary/aromatic N) is 2. The zero-order chi connectivity index (χ0) is 22.9. The molecule has 0 radical (unpaired) electrons. The number of cyclic esters (lactones) is 1. The van der Waals surface area contributed by atoms with Gasteiger partial charge in [0.2, 0.25) is 5.91 Å². The molecule has 2 aromatic carbocycles. The van der Waals surface area contributed by atoms with Gasteiger partial charge < -0.3 is 19.3 Å². The normalized spacial score (nSPS) is 17.1. The van der Waals surface area contributed by atoms with Crippen LogP contribution in [0.15, 0.2) is 47.0 Å². The lowest BCUT2D eigenvalue weighted by Crippen LogP contribution is -2.33.